The fraction of sp³-hybridized carbons (Fsp3) is 0.176. The van der Waals surface area contributed by atoms with Crippen molar-refractivity contribution in [2.45, 2.75) is 6.42 Å². The molecule has 2 aromatic carbocycles. The first-order chi connectivity index (χ1) is 11.7. The summed E-state index contributed by atoms with van der Waals surface area (Å²) < 4.78 is 0. The summed E-state index contributed by atoms with van der Waals surface area (Å²) >= 11 is 0. The molecule has 1 aliphatic heterocycles. The standard InChI is InChI=1S/C17H15N5O2/c23-15-8-12(16(24)20-17-18-10-19-21-17)9-22(15)14-7-3-5-11-4-1-2-6-13(11)14/h1-7,10,12H,8-9H2,(H2,18,19,20,21,24)/t12-/m0/s1. The SMILES string of the molecule is O=C(Nc1ncn[nH]1)[C@H]1CC(=O)N(c2cccc3ccccc23)C1. The molecule has 0 bridgehead atoms. The van der Waals surface area contributed by atoms with Crippen molar-refractivity contribution in [1.29, 1.82) is 0 Å². The minimum absolute atomic E-state index is 0.0518. The Labute approximate surface area is 137 Å². The van der Waals surface area contributed by atoms with Gasteiger partial charge in [-0.25, -0.2) is 5.10 Å². The lowest BCUT2D eigenvalue weighted by molar-refractivity contribution is -0.122. The molecular formula is C17H15N5O2. The molecule has 1 saturated heterocycles. The van der Waals surface area contributed by atoms with Gasteiger partial charge >= 0.3 is 0 Å². The van der Waals surface area contributed by atoms with Crippen LogP contribution in [0.25, 0.3) is 10.8 Å². The van der Waals surface area contributed by atoms with Gasteiger partial charge in [0.25, 0.3) is 0 Å². The number of carbonyl (C=O) groups excluding carboxylic acids is 2. The minimum Gasteiger partial charge on any atom is -0.311 e. The number of nitrogens with one attached hydrogen (secondary N) is 2. The molecule has 4 rings (SSSR count). The molecule has 120 valence electrons. The summed E-state index contributed by atoms with van der Waals surface area (Å²) in [4.78, 5) is 30.3. The molecule has 0 radical (unpaired) electrons. The monoisotopic (exact) mass is 321 g/mol. The summed E-state index contributed by atoms with van der Waals surface area (Å²) in [7, 11) is 0. The van der Waals surface area contributed by atoms with E-state index in [2.05, 4.69) is 20.5 Å². The van der Waals surface area contributed by atoms with E-state index in [1.54, 1.807) is 4.90 Å². The Balaban J connectivity index is 1.58. The molecule has 3 aromatic rings. The lowest BCUT2D eigenvalue weighted by atomic mass is 10.1. The number of anilines is 2. The van der Waals surface area contributed by atoms with Crippen molar-refractivity contribution in [3.63, 3.8) is 0 Å². The number of fused-ring (bicyclic) bond motifs is 1. The molecule has 1 aromatic heterocycles. The van der Waals surface area contributed by atoms with Crippen molar-refractivity contribution >= 4 is 34.2 Å². The van der Waals surface area contributed by atoms with E-state index in [9.17, 15) is 9.59 Å². The highest BCUT2D eigenvalue weighted by Crippen LogP contribution is 2.31. The van der Waals surface area contributed by atoms with Gasteiger partial charge in [-0.05, 0) is 11.5 Å². The molecule has 2 N–H and O–H groups in total. The normalized spacial score (nSPS) is 17.4. The maximum atomic E-state index is 12.4. The number of nitrogens with zero attached hydrogens (tertiary/aromatic N) is 3. The van der Waals surface area contributed by atoms with E-state index in [0.717, 1.165) is 16.5 Å². The Morgan fingerprint density at radius 1 is 1.21 bits per heavy atom. The zero-order valence-electron chi connectivity index (χ0n) is 12.8. The van der Waals surface area contributed by atoms with Gasteiger partial charge in [-0.3, -0.25) is 14.9 Å². The highest BCUT2D eigenvalue weighted by Gasteiger charge is 2.35. The van der Waals surface area contributed by atoms with Crippen LogP contribution in [-0.2, 0) is 9.59 Å². The maximum absolute atomic E-state index is 12.4. The average molecular weight is 321 g/mol. The first-order valence-electron chi connectivity index (χ1n) is 7.67. The van der Waals surface area contributed by atoms with Crippen LogP contribution in [0, 0.1) is 5.92 Å². The number of aromatic amines is 1. The molecule has 2 amide bonds. The van der Waals surface area contributed by atoms with Crippen LogP contribution >= 0.6 is 0 Å². The third-order valence-electron chi connectivity index (χ3n) is 4.21. The first kappa shape index (κ1) is 14.4. The molecule has 24 heavy (non-hydrogen) atoms. The van der Waals surface area contributed by atoms with Gasteiger partial charge in [-0.1, -0.05) is 36.4 Å². The van der Waals surface area contributed by atoms with Crippen molar-refractivity contribution in [2.75, 3.05) is 16.8 Å². The van der Waals surface area contributed by atoms with Gasteiger partial charge < -0.3 is 4.90 Å². The van der Waals surface area contributed by atoms with Crippen LogP contribution in [0.5, 0.6) is 0 Å². The molecule has 1 aliphatic rings. The molecule has 7 heteroatoms. The predicted molar refractivity (Wildman–Crippen MR) is 89.4 cm³/mol. The van der Waals surface area contributed by atoms with Gasteiger partial charge in [0.05, 0.1) is 11.6 Å². The maximum Gasteiger partial charge on any atom is 0.232 e. The van der Waals surface area contributed by atoms with Gasteiger partial charge in [-0.15, -0.1) is 0 Å². The van der Waals surface area contributed by atoms with E-state index in [-0.39, 0.29) is 24.2 Å². The first-order valence-corrected chi connectivity index (χ1v) is 7.67. The second-order valence-corrected chi connectivity index (χ2v) is 5.73. The number of H-pyrrole nitrogens is 1. The Kier molecular flexibility index (Phi) is 3.45. The van der Waals surface area contributed by atoms with Crippen molar-refractivity contribution in [3.8, 4) is 0 Å². The van der Waals surface area contributed by atoms with E-state index >= 15 is 0 Å². The van der Waals surface area contributed by atoms with Crippen molar-refractivity contribution in [1.82, 2.24) is 15.2 Å². The summed E-state index contributed by atoms with van der Waals surface area (Å²) in [6.45, 7) is 0.354. The van der Waals surface area contributed by atoms with Gasteiger partial charge in [0.1, 0.15) is 6.33 Å². The van der Waals surface area contributed by atoms with E-state index in [1.165, 1.54) is 6.33 Å². The second kappa shape index (κ2) is 5.77. The molecule has 2 heterocycles. The quantitative estimate of drug-likeness (QED) is 0.771. The largest absolute Gasteiger partial charge is 0.311 e. The van der Waals surface area contributed by atoms with Gasteiger partial charge in [-0.2, -0.15) is 10.1 Å². The van der Waals surface area contributed by atoms with Crippen molar-refractivity contribution in [3.05, 3.63) is 48.8 Å². The zero-order chi connectivity index (χ0) is 16.5. The summed E-state index contributed by atoms with van der Waals surface area (Å²) in [5, 5.41) is 11.0. The van der Waals surface area contributed by atoms with E-state index in [0.29, 0.717) is 6.54 Å². The Bertz CT molecular complexity index is 901. The third kappa shape index (κ3) is 2.50. The average Bonchev–Trinajstić information content (AvgIpc) is 3.24. The summed E-state index contributed by atoms with van der Waals surface area (Å²) in [5.74, 6) is -0.412. The van der Waals surface area contributed by atoms with Gasteiger partial charge in [0.2, 0.25) is 17.8 Å². The predicted octanol–water partition coefficient (Wildman–Crippen LogP) is 1.95. The number of hydrogen-bond acceptors (Lipinski definition) is 4. The fourth-order valence-electron chi connectivity index (χ4n) is 3.04. The molecule has 7 nitrogen and oxygen atoms in total. The zero-order valence-corrected chi connectivity index (χ0v) is 12.8. The summed E-state index contributed by atoms with van der Waals surface area (Å²) in [6.07, 6.45) is 1.50. The van der Waals surface area contributed by atoms with Crippen LogP contribution in [0.15, 0.2) is 48.8 Å². The lowest BCUT2D eigenvalue weighted by Gasteiger charge is -2.18. The summed E-state index contributed by atoms with van der Waals surface area (Å²) in [6, 6.07) is 13.7. The van der Waals surface area contributed by atoms with E-state index < -0.39 is 5.92 Å². The highest BCUT2D eigenvalue weighted by molar-refractivity contribution is 6.08. The third-order valence-corrected chi connectivity index (χ3v) is 4.21. The topological polar surface area (TPSA) is 91.0 Å². The van der Waals surface area contributed by atoms with E-state index in [1.807, 2.05) is 42.5 Å². The molecule has 0 unspecified atom stereocenters. The second-order valence-electron chi connectivity index (χ2n) is 5.73. The molecule has 0 saturated carbocycles. The number of carbonyl (C=O) groups is 2. The van der Waals surface area contributed by atoms with Crippen LogP contribution in [0.4, 0.5) is 11.6 Å². The molecule has 0 spiro atoms. The molecule has 1 fully saturated rings. The van der Waals surface area contributed by atoms with E-state index in [4.69, 9.17) is 0 Å². The van der Waals surface area contributed by atoms with Gasteiger partial charge in [0, 0.05) is 18.4 Å². The van der Waals surface area contributed by atoms with Crippen LogP contribution in [0.2, 0.25) is 0 Å². The van der Waals surface area contributed by atoms with Crippen LogP contribution in [0.3, 0.4) is 0 Å². The fourth-order valence-corrected chi connectivity index (χ4v) is 3.04. The Hall–Kier alpha value is -3.22. The van der Waals surface area contributed by atoms with Crippen molar-refractivity contribution in [2.24, 2.45) is 5.92 Å². The van der Waals surface area contributed by atoms with Crippen LogP contribution in [-0.4, -0.2) is 33.5 Å². The van der Waals surface area contributed by atoms with Crippen LogP contribution in [0.1, 0.15) is 6.42 Å². The minimum atomic E-state index is -0.415. The molecule has 1 atom stereocenters. The number of benzene rings is 2. The van der Waals surface area contributed by atoms with Crippen molar-refractivity contribution < 1.29 is 9.59 Å². The smallest absolute Gasteiger partial charge is 0.232 e. The Morgan fingerprint density at radius 2 is 2.04 bits per heavy atom. The Morgan fingerprint density at radius 3 is 2.88 bits per heavy atom. The number of hydrogen-bond donors (Lipinski definition) is 2. The van der Waals surface area contributed by atoms with Crippen LogP contribution < -0.4 is 10.2 Å². The summed E-state index contributed by atoms with van der Waals surface area (Å²) in [5.41, 5.74) is 0.841. The molecule has 0 aliphatic carbocycles. The highest BCUT2D eigenvalue weighted by atomic mass is 16.2. The molecular weight excluding hydrogens is 306 g/mol. The number of aromatic nitrogens is 3. The van der Waals surface area contributed by atoms with Gasteiger partial charge in [0.15, 0.2) is 0 Å². The number of rotatable bonds is 3. The number of amides is 2. The lowest BCUT2D eigenvalue weighted by Crippen LogP contribution is -2.28.